The van der Waals surface area contributed by atoms with Gasteiger partial charge in [-0.05, 0) is 23.3 Å². The summed E-state index contributed by atoms with van der Waals surface area (Å²) in [6.45, 7) is 0.322. The van der Waals surface area contributed by atoms with Gasteiger partial charge in [0.25, 0.3) is 0 Å². The van der Waals surface area contributed by atoms with Gasteiger partial charge in [0.2, 0.25) is 10.0 Å². The highest BCUT2D eigenvalue weighted by Crippen LogP contribution is 2.19. The summed E-state index contributed by atoms with van der Waals surface area (Å²) in [5.74, 6) is 0. The number of halogens is 1. The molecular formula is C16H16BrNO2S. The Bertz CT molecular complexity index is 727. The minimum Gasteiger partial charge on any atom is -0.208 e. The van der Waals surface area contributed by atoms with Gasteiger partial charge in [-0.2, -0.15) is 4.31 Å². The molecule has 0 atom stereocenters. The maximum atomic E-state index is 12.2. The number of nitrogens with zero attached hydrogens (tertiary/aromatic N) is 1. The van der Waals surface area contributed by atoms with Crippen molar-refractivity contribution in [3.05, 3.63) is 75.6 Å². The lowest BCUT2D eigenvalue weighted by Gasteiger charge is -2.15. The molecule has 2 rings (SSSR count). The molecule has 0 radical (unpaired) electrons. The van der Waals surface area contributed by atoms with E-state index < -0.39 is 10.0 Å². The molecule has 3 nitrogen and oxygen atoms in total. The highest BCUT2D eigenvalue weighted by atomic mass is 79.9. The molecular weight excluding hydrogens is 350 g/mol. The van der Waals surface area contributed by atoms with Crippen molar-refractivity contribution < 1.29 is 8.42 Å². The van der Waals surface area contributed by atoms with Gasteiger partial charge in [-0.25, -0.2) is 8.42 Å². The fraction of sp³-hybridized carbons (Fsp3) is 0.125. The van der Waals surface area contributed by atoms with Crippen LogP contribution in [0.2, 0.25) is 0 Å². The normalized spacial score (nSPS) is 12.1. The van der Waals surface area contributed by atoms with E-state index in [1.54, 1.807) is 13.1 Å². The maximum absolute atomic E-state index is 12.2. The van der Waals surface area contributed by atoms with Crippen molar-refractivity contribution in [1.82, 2.24) is 4.31 Å². The summed E-state index contributed by atoms with van der Waals surface area (Å²) in [6.07, 6.45) is 1.60. The zero-order valence-corrected chi connectivity index (χ0v) is 14.0. The van der Waals surface area contributed by atoms with Crippen LogP contribution in [0.15, 0.2) is 64.5 Å². The quantitative estimate of drug-likeness (QED) is 0.805. The van der Waals surface area contributed by atoms with Crippen molar-refractivity contribution in [2.24, 2.45) is 0 Å². The Kier molecular flexibility index (Phi) is 5.33. The Morgan fingerprint density at radius 2 is 1.67 bits per heavy atom. The lowest BCUT2D eigenvalue weighted by atomic mass is 10.2. The molecule has 21 heavy (non-hydrogen) atoms. The molecule has 0 aliphatic carbocycles. The van der Waals surface area contributed by atoms with E-state index in [2.05, 4.69) is 15.9 Å². The predicted molar refractivity (Wildman–Crippen MR) is 90.0 cm³/mol. The second kappa shape index (κ2) is 7.02. The van der Waals surface area contributed by atoms with Crippen LogP contribution in [0.5, 0.6) is 0 Å². The molecule has 0 bridgehead atoms. The average molecular weight is 366 g/mol. The minimum atomic E-state index is -3.44. The van der Waals surface area contributed by atoms with E-state index in [0.717, 1.165) is 15.6 Å². The van der Waals surface area contributed by atoms with Crippen LogP contribution < -0.4 is 0 Å². The summed E-state index contributed by atoms with van der Waals surface area (Å²) in [6, 6.07) is 16.9. The molecule has 0 aromatic heterocycles. The first-order chi connectivity index (χ1) is 9.99. The van der Waals surface area contributed by atoms with Crippen LogP contribution in [0.4, 0.5) is 0 Å². The molecule has 0 unspecified atom stereocenters. The number of sulfonamides is 1. The van der Waals surface area contributed by atoms with E-state index in [4.69, 9.17) is 0 Å². The van der Waals surface area contributed by atoms with E-state index in [0.29, 0.717) is 6.54 Å². The third kappa shape index (κ3) is 4.52. The first-order valence-corrected chi connectivity index (χ1v) is 8.71. The van der Waals surface area contributed by atoms with Crippen molar-refractivity contribution in [2.75, 3.05) is 7.05 Å². The summed E-state index contributed by atoms with van der Waals surface area (Å²) < 4.78 is 26.7. The Morgan fingerprint density at radius 3 is 2.33 bits per heavy atom. The zero-order chi connectivity index (χ0) is 15.3. The zero-order valence-electron chi connectivity index (χ0n) is 11.6. The van der Waals surface area contributed by atoms with E-state index in [1.165, 1.54) is 9.71 Å². The van der Waals surface area contributed by atoms with Gasteiger partial charge in [0.15, 0.2) is 0 Å². The summed E-state index contributed by atoms with van der Waals surface area (Å²) in [5, 5.41) is 1.24. The SMILES string of the molecule is CN(Cc1ccccc1Br)S(=O)(=O)/C=C/c1ccccc1. The summed E-state index contributed by atoms with van der Waals surface area (Å²) in [4.78, 5) is 0. The molecule has 0 aliphatic heterocycles. The lowest BCUT2D eigenvalue weighted by molar-refractivity contribution is 0.474. The lowest BCUT2D eigenvalue weighted by Crippen LogP contribution is -2.24. The van der Waals surface area contributed by atoms with Crippen LogP contribution in [-0.4, -0.2) is 19.8 Å². The Hall–Kier alpha value is -1.43. The highest BCUT2D eigenvalue weighted by molar-refractivity contribution is 9.10. The topological polar surface area (TPSA) is 37.4 Å². The Labute approximate surface area is 134 Å². The number of hydrogen-bond acceptors (Lipinski definition) is 2. The van der Waals surface area contributed by atoms with Crippen molar-refractivity contribution in [3.63, 3.8) is 0 Å². The van der Waals surface area contributed by atoms with Gasteiger partial charge in [-0.3, -0.25) is 0 Å². The van der Waals surface area contributed by atoms with Gasteiger partial charge in [0, 0.05) is 23.5 Å². The second-order valence-electron chi connectivity index (χ2n) is 4.61. The van der Waals surface area contributed by atoms with Gasteiger partial charge in [-0.1, -0.05) is 64.5 Å². The van der Waals surface area contributed by atoms with E-state index in [-0.39, 0.29) is 0 Å². The van der Waals surface area contributed by atoms with Crippen molar-refractivity contribution in [2.45, 2.75) is 6.54 Å². The average Bonchev–Trinajstić information content (AvgIpc) is 2.48. The van der Waals surface area contributed by atoms with Gasteiger partial charge < -0.3 is 0 Å². The molecule has 0 saturated carbocycles. The molecule has 0 N–H and O–H groups in total. The Balaban J connectivity index is 2.12. The van der Waals surface area contributed by atoms with Gasteiger partial charge in [-0.15, -0.1) is 0 Å². The van der Waals surface area contributed by atoms with E-state index >= 15 is 0 Å². The van der Waals surface area contributed by atoms with E-state index in [1.807, 2.05) is 54.6 Å². The molecule has 0 amide bonds. The van der Waals surface area contributed by atoms with E-state index in [9.17, 15) is 8.42 Å². The number of benzene rings is 2. The minimum absolute atomic E-state index is 0.322. The molecule has 0 heterocycles. The largest absolute Gasteiger partial charge is 0.236 e. The summed E-state index contributed by atoms with van der Waals surface area (Å²) >= 11 is 3.43. The van der Waals surface area contributed by atoms with Crippen LogP contribution in [0.25, 0.3) is 6.08 Å². The molecule has 110 valence electrons. The third-order valence-electron chi connectivity index (χ3n) is 3.02. The van der Waals surface area contributed by atoms with Gasteiger partial charge in [0.1, 0.15) is 0 Å². The van der Waals surface area contributed by atoms with Crippen LogP contribution in [0, 0.1) is 0 Å². The standard InChI is InChI=1S/C16H16BrNO2S/c1-18(13-15-9-5-6-10-16(15)17)21(19,20)12-11-14-7-3-2-4-8-14/h2-12H,13H2,1H3/b12-11+. The molecule has 0 aliphatic rings. The fourth-order valence-electron chi connectivity index (χ4n) is 1.79. The second-order valence-corrected chi connectivity index (χ2v) is 7.39. The van der Waals surface area contributed by atoms with Crippen LogP contribution in [0.1, 0.15) is 11.1 Å². The van der Waals surface area contributed by atoms with Crippen molar-refractivity contribution in [3.8, 4) is 0 Å². The van der Waals surface area contributed by atoms with Gasteiger partial charge in [0.05, 0.1) is 0 Å². The predicted octanol–water partition coefficient (Wildman–Crippen LogP) is 3.88. The fourth-order valence-corrected chi connectivity index (χ4v) is 3.06. The first-order valence-electron chi connectivity index (χ1n) is 6.42. The molecule has 0 fully saturated rings. The molecule has 5 heteroatoms. The molecule has 0 saturated heterocycles. The highest BCUT2D eigenvalue weighted by Gasteiger charge is 2.15. The molecule has 2 aromatic rings. The van der Waals surface area contributed by atoms with Crippen LogP contribution in [-0.2, 0) is 16.6 Å². The van der Waals surface area contributed by atoms with Gasteiger partial charge >= 0.3 is 0 Å². The third-order valence-corrected chi connectivity index (χ3v) is 5.27. The monoisotopic (exact) mass is 365 g/mol. The summed E-state index contributed by atoms with van der Waals surface area (Å²) in [5.41, 5.74) is 1.78. The summed E-state index contributed by atoms with van der Waals surface area (Å²) in [7, 11) is -1.87. The van der Waals surface area contributed by atoms with Crippen molar-refractivity contribution >= 4 is 32.0 Å². The molecule has 2 aromatic carbocycles. The van der Waals surface area contributed by atoms with Crippen LogP contribution in [0.3, 0.4) is 0 Å². The first kappa shape index (κ1) is 15.9. The van der Waals surface area contributed by atoms with Crippen LogP contribution >= 0.6 is 15.9 Å². The van der Waals surface area contributed by atoms with Crippen molar-refractivity contribution in [1.29, 1.82) is 0 Å². The Morgan fingerprint density at radius 1 is 1.05 bits per heavy atom. The molecule has 0 spiro atoms. The number of rotatable bonds is 5. The number of hydrogen-bond donors (Lipinski definition) is 0. The smallest absolute Gasteiger partial charge is 0.208 e. The maximum Gasteiger partial charge on any atom is 0.236 e.